The van der Waals surface area contributed by atoms with E-state index in [2.05, 4.69) is 21.2 Å². The Labute approximate surface area is 153 Å². The van der Waals surface area contributed by atoms with Gasteiger partial charge < -0.3 is 19.6 Å². The maximum absolute atomic E-state index is 11.9. The summed E-state index contributed by atoms with van der Waals surface area (Å²) in [6.45, 7) is 0. The van der Waals surface area contributed by atoms with Crippen molar-refractivity contribution in [2.45, 2.75) is 0 Å². The highest BCUT2D eigenvalue weighted by molar-refractivity contribution is 9.10. The van der Waals surface area contributed by atoms with Crippen molar-refractivity contribution in [2.24, 2.45) is 0 Å². The van der Waals surface area contributed by atoms with Crippen LogP contribution in [0.15, 0.2) is 57.4 Å². The fourth-order valence-electron chi connectivity index (χ4n) is 2.63. The van der Waals surface area contributed by atoms with Gasteiger partial charge in [0.2, 0.25) is 5.88 Å². The van der Waals surface area contributed by atoms with E-state index >= 15 is 0 Å². The summed E-state index contributed by atoms with van der Waals surface area (Å²) in [5.41, 5.74) is 2.21. The minimum absolute atomic E-state index is 0.00161. The molecule has 128 valence electrons. The van der Waals surface area contributed by atoms with Gasteiger partial charge in [0.25, 0.3) is 0 Å². The van der Waals surface area contributed by atoms with Crippen molar-refractivity contribution in [3.63, 3.8) is 0 Å². The number of benzene rings is 2. The quantitative estimate of drug-likeness (QED) is 0.607. The number of furan rings is 1. The van der Waals surface area contributed by atoms with Gasteiger partial charge in [0.05, 0.1) is 18.2 Å². The van der Waals surface area contributed by atoms with E-state index in [0.717, 1.165) is 5.56 Å². The molecular formula is C19H16BrNO4. The fraction of sp³-hybridized carbons (Fsp3) is 0.105. The lowest BCUT2D eigenvalue weighted by atomic mass is 10.0. The average Bonchev–Trinajstić information content (AvgIpc) is 2.98. The number of anilines is 1. The van der Waals surface area contributed by atoms with E-state index in [4.69, 9.17) is 9.15 Å². The lowest BCUT2D eigenvalue weighted by molar-refractivity contribution is 0.0599. The molecule has 6 heteroatoms. The average molecular weight is 402 g/mol. The Morgan fingerprint density at radius 2 is 1.88 bits per heavy atom. The minimum Gasteiger partial charge on any atom is -0.504 e. The van der Waals surface area contributed by atoms with Gasteiger partial charge in [0, 0.05) is 22.6 Å². The number of rotatable bonds is 4. The molecule has 0 atom stereocenters. The van der Waals surface area contributed by atoms with Crippen LogP contribution in [0.1, 0.15) is 10.4 Å². The summed E-state index contributed by atoms with van der Waals surface area (Å²) >= 11 is 3.44. The minimum atomic E-state index is -0.467. The van der Waals surface area contributed by atoms with Gasteiger partial charge in [0.1, 0.15) is 0 Å². The van der Waals surface area contributed by atoms with Crippen molar-refractivity contribution < 1.29 is 19.1 Å². The van der Waals surface area contributed by atoms with Crippen molar-refractivity contribution in [2.75, 3.05) is 19.5 Å². The van der Waals surface area contributed by atoms with Crippen LogP contribution in [0.2, 0.25) is 0 Å². The van der Waals surface area contributed by atoms with Crippen LogP contribution in [0.25, 0.3) is 22.5 Å². The first-order chi connectivity index (χ1) is 12.1. The number of methoxy groups -OCH3 is 1. The zero-order valence-corrected chi connectivity index (χ0v) is 15.3. The number of carbonyl (C=O) groups is 1. The number of esters is 1. The summed E-state index contributed by atoms with van der Waals surface area (Å²) in [5, 5.41) is 13.7. The highest BCUT2D eigenvalue weighted by atomic mass is 79.9. The Bertz CT molecular complexity index is 919. The summed E-state index contributed by atoms with van der Waals surface area (Å²) < 4.78 is 11.1. The van der Waals surface area contributed by atoms with E-state index in [9.17, 15) is 9.90 Å². The molecule has 0 spiro atoms. The van der Waals surface area contributed by atoms with Crippen LogP contribution >= 0.6 is 15.9 Å². The van der Waals surface area contributed by atoms with Crippen LogP contribution in [0.3, 0.4) is 0 Å². The van der Waals surface area contributed by atoms with Crippen molar-refractivity contribution in [1.29, 1.82) is 0 Å². The van der Waals surface area contributed by atoms with Crippen LogP contribution in [-0.4, -0.2) is 25.2 Å². The molecule has 0 fully saturated rings. The molecule has 0 aliphatic rings. The molecular weight excluding hydrogens is 386 g/mol. The Kier molecular flexibility index (Phi) is 4.81. The van der Waals surface area contributed by atoms with Crippen LogP contribution in [0.5, 0.6) is 5.75 Å². The first-order valence-corrected chi connectivity index (χ1v) is 8.34. The normalized spacial score (nSPS) is 10.5. The maximum Gasteiger partial charge on any atom is 0.339 e. The van der Waals surface area contributed by atoms with E-state index in [1.807, 2.05) is 30.3 Å². The second kappa shape index (κ2) is 7.03. The Morgan fingerprint density at radius 3 is 2.52 bits per heavy atom. The van der Waals surface area contributed by atoms with Gasteiger partial charge in [-0.3, -0.25) is 0 Å². The van der Waals surface area contributed by atoms with E-state index in [0.29, 0.717) is 32.8 Å². The molecule has 0 radical (unpaired) electrons. The van der Waals surface area contributed by atoms with Gasteiger partial charge in [-0.25, -0.2) is 4.79 Å². The molecule has 3 rings (SSSR count). The van der Waals surface area contributed by atoms with Crippen molar-refractivity contribution in [3.8, 4) is 28.2 Å². The topological polar surface area (TPSA) is 71.7 Å². The molecule has 25 heavy (non-hydrogen) atoms. The number of hydrogen-bond acceptors (Lipinski definition) is 5. The molecule has 0 amide bonds. The predicted octanol–water partition coefficient (Wildman–Crippen LogP) is 4.91. The van der Waals surface area contributed by atoms with Crippen molar-refractivity contribution >= 4 is 27.8 Å². The molecule has 0 aliphatic carbocycles. The summed E-state index contributed by atoms with van der Waals surface area (Å²) in [7, 11) is 3.03. The van der Waals surface area contributed by atoms with Gasteiger partial charge >= 0.3 is 5.97 Å². The Balaban J connectivity index is 2.22. The SMILES string of the molecule is CNc1oc(-c2ccccc2)c(O)c1-c1cccc(C(=O)OC)c1Br. The standard InChI is InChI=1S/C19H16BrNO4/c1-21-18-14(12-9-6-10-13(15(12)20)19(23)24-2)16(22)17(25-18)11-7-4-3-5-8-11/h3-10,21-22H,1-2H3. The molecule has 5 nitrogen and oxygen atoms in total. The molecule has 1 heterocycles. The lowest BCUT2D eigenvalue weighted by Gasteiger charge is -2.09. The lowest BCUT2D eigenvalue weighted by Crippen LogP contribution is -2.03. The molecule has 0 bridgehead atoms. The molecule has 2 N–H and O–H groups in total. The van der Waals surface area contributed by atoms with Gasteiger partial charge in [-0.2, -0.15) is 0 Å². The zero-order valence-electron chi connectivity index (χ0n) is 13.7. The first kappa shape index (κ1) is 17.1. The summed E-state index contributed by atoms with van der Waals surface area (Å²) in [6, 6.07) is 14.5. The highest BCUT2D eigenvalue weighted by Gasteiger charge is 2.25. The Morgan fingerprint density at radius 1 is 1.16 bits per heavy atom. The third-order valence-electron chi connectivity index (χ3n) is 3.82. The van der Waals surface area contributed by atoms with Crippen molar-refractivity contribution in [3.05, 3.63) is 58.6 Å². The molecule has 0 unspecified atom stereocenters. The monoisotopic (exact) mass is 401 g/mol. The Hall–Kier alpha value is -2.73. The molecule has 0 saturated heterocycles. The second-order valence-electron chi connectivity index (χ2n) is 5.26. The van der Waals surface area contributed by atoms with Gasteiger partial charge in [0.15, 0.2) is 11.5 Å². The molecule has 0 aliphatic heterocycles. The van der Waals surface area contributed by atoms with E-state index in [1.54, 1.807) is 25.2 Å². The zero-order chi connectivity index (χ0) is 18.0. The number of halogens is 1. The third-order valence-corrected chi connectivity index (χ3v) is 4.67. The van der Waals surface area contributed by atoms with Gasteiger partial charge in [-0.15, -0.1) is 0 Å². The molecule has 1 aromatic heterocycles. The first-order valence-electron chi connectivity index (χ1n) is 7.54. The van der Waals surface area contributed by atoms with E-state index < -0.39 is 5.97 Å². The number of ether oxygens (including phenoxy) is 1. The summed E-state index contributed by atoms with van der Waals surface area (Å²) in [6.07, 6.45) is 0. The fourth-order valence-corrected chi connectivity index (χ4v) is 3.25. The van der Waals surface area contributed by atoms with Gasteiger partial charge in [-0.1, -0.05) is 42.5 Å². The van der Waals surface area contributed by atoms with Crippen LogP contribution in [-0.2, 0) is 4.74 Å². The highest BCUT2D eigenvalue weighted by Crippen LogP contribution is 2.48. The smallest absolute Gasteiger partial charge is 0.339 e. The number of carbonyl (C=O) groups excluding carboxylic acids is 1. The van der Waals surface area contributed by atoms with Crippen LogP contribution < -0.4 is 5.32 Å². The predicted molar refractivity (Wildman–Crippen MR) is 99.8 cm³/mol. The summed E-state index contributed by atoms with van der Waals surface area (Å²) in [4.78, 5) is 11.9. The van der Waals surface area contributed by atoms with Crippen LogP contribution in [0.4, 0.5) is 5.88 Å². The number of nitrogens with one attached hydrogen (secondary N) is 1. The molecule has 0 saturated carbocycles. The summed E-state index contributed by atoms with van der Waals surface area (Å²) in [5.74, 6) is 0.290. The number of aromatic hydroxyl groups is 1. The van der Waals surface area contributed by atoms with E-state index in [-0.39, 0.29) is 5.75 Å². The molecule has 3 aromatic rings. The number of hydrogen-bond donors (Lipinski definition) is 2. The van der Waals surface area contributed by atoms with Gasteiger partial charge in [-0.05, 0) is 22.0 Å². The molecule has 2 aromatic carbocycles. The maximum atomic E-state index is 11.9. The van der Waals surface area contributed by atoms with Crippen LogP contribution in [0, 0.1) is 0 Å². The largest absolute Gasteiger partial charge is 0.504 e. The third kappa shape index (κ3) is 3.00. The van der Waals surface area contributed by atoms with Crippen molar-refractivity contribution in [1.82, 2.24) is 0 Å². The second-order valence-corrected chi connectivity index (χ2v) is 6.05. The van der Waals surface area contributed by atoms with E-state index in [1.165, 1.54) is 7.11 Å².